The van der Waals surface area contributed by atoms with Crippen molar-refractivity contribution in [2.75, 3.05) is 13.1 Å². The lowest BCUT2D eigenvalue weighted by atomic mass is 10.1. The van der Waals surface area contributed by atoms with Crippen molar-refractivity contribution in [1.29, 1.82) is 0 Å². The van der Waals surface area contributed by atoms with Crippen LogP contribution in [0.1, 0.15) is 29.0 Å². The highest BCUT2D eigenvalue weighted by Crippen LogP contribution is 2.26. The summed E-state index contributed by atoms with van der Waals surface area (Å²) in [6.07, 6.45) is 3.54. The minimum absolute atomic E-state index is 0.0381. The van der Waals surface area contributed by atoms with Crippen LogP contribution >= 0.6 is 11.8 Å². The summed E-state index contributed by atoms with van der Waals surface area (Å²) in [7, 11) is 0. The van der Waals surface area contributed by atoms with E-state index in [-0.39, 0.29) is 11.9 Å². The Morgan fingerprint density at radius 3 is 2.91 bits per heavy atom. The van der Waals surface area contributed by atoms with Gasteiger partial charge in [-0.3, -0.25) is 4.79 Å². The SMILES string of the molecule is NC1CCCN(C(=O)c2occc2CSc2ccccc2)C1. The molecule has 0 radical (unpaired) electrons. The lowest BCUT2D eigenvalue weighted by molar-refractivity contribution is 0.0675. The average Bonchev–Trinajstić information content (AvgIpc) is 3.01. The minimum Gasteiger partial charge on any atom is -0.459 e. The fourth-order valence-corrected chi connectivity index (χ4v) is 3.55. The maximum atomic E-state index is 12.6. The van der Waals surface area contributed by atoms with Gasteiger partial charge in [-0.2, -0.15) is 0 Å². The van der Waals surface area contributed by atoms with Crippen LogP contribution in [-0.4, -0.2) is 29.9 Å². The van der Waals surface area contributed by atoms with E-state index in [4.69, 9.17) is 10.2 Å². The summed E-state index contributed by atoms with van der Waals surface area (Å²) in [5, 5.41) is 0. The van der Waals surface area contributed by atoms with E-state index in [9.17, 15) is 4.79 Å². The molecule has 1 aliphatic rings. The molecule has 0 aliphatic carbocycles. The molecule has 1 atom stereocenters. The predicted octanol–water partition coefficient (Wildman–Crippen LogP) is 3.14. The van der Waals surface area contributed by atoms with Crippen molar-refractivity contribution in [2.45, 2.75) is 29.5 Å². The predicted molar refractivity (Wildman–Crippen MR) is 87.8 cm³/mol. The lowest BCUT2D eigenvalue weighted by Crippen LogP contribution is -2.45. The molecule has 2 N–H and O–H groups in total. The molecule has 3 rings (SSSR count). The van der Waals surface area contributed by atoms with Crippen LogP contribution in [0.5, 0.6) is 0 Å². The number of hydrogen-bond acceptors (Lipinski definition) is 4. The van der Waals surface area contributed by atoms with Crippen molar-refractivity contribution in [1.82, 2.24) is 4.90 Å². The number of carbonyl (C=O) groups is 1. The van der Waals surface area contributed by atoms with Crippen LogP contribution < -0.4 is 5.73 Å². The summed E-state index contributed by atoms with van der Waals surface area (Å²) >= 11 is 1.70. The first-order valence-electron chi connectivity index (χ1n) is 7.53. The number of likely N-dealkylation sites (tertiary alicyclic amines) is 1. The van der Waals surface area contributed by atoms with Crippen LogP contribution in [-0.2, 0) is 5.75 Å². The molecule has 116 valence electrons. The lowest BCUT2D eigenvalue weighted by Gasteiger charge is -2.30. The summed E-state index contributed by atoms with van der Waals surface area (Å²) in [6, 6.07) is 12.1. The Morgan fingerprint density at radius 2 is 2.14 bits per heavy atom. The molecule has 1 fully saturated rings. The van der Waals surface area contributed by atoms with Gasteiger partial charge in [-0.05, 0) is 31.0 Å². The third kappa shape index (κ3) is 3.54. The second-order valence-corrected chi connectivity index (χ2v) is 6.58. The van der Waals surface area contributed by atoms with E-state index >= 15 is 0 Å². The fourth-order valence-electron chi connectivity index (χ4n) is 2.65. The number of thioether (sulfide) groups is 1. The zero-order chi connectivity index (χ0) is 15.4. The van der Waals surface area contributed by atoms with Crippen molar-refractivity contribution in [2.24, 2.45) is 5.73 Å². The number of rotatable bonds is 4. The van der Waals surface area contributed by atoms with Gasteiger partial charge in [-0.15, -0.1) is 11.8 Å². The Kier molecular flexibility index (Phi) is 4.85. The maximum absolute atomic E-state index is 12.6. The van der Waals surface area contributed by atoms with E-state index < -0.39 is 0 Å². The summed E-state index contributed by atoms with van der Waals surface area (Å²) in [5.74, 6) is 1.14. The normalized spacial score (nSPS) is 18.4. The van der Waals surface area contributed by atoms with E-state index in [1.54, 1.807) is 18.0 Å². The third-order valence-corrected chi connectivity index (χ3v) is 4.88. The van der Waals surface area contributed by atoms with Gasteiger partial charge < -0.3 is 15.1 Å². The number of amides is 1. The molecule has 0 bridgehead atoms. The topological polar surface area (TPSA) is 59.5 Å². The van der Waals surface area contributed by atoms with E-state index in [1.165, 1.54) is 4.90 Å². The number of piperidine rings is 1. The Morgan fingerprint density at radius 1 is 1.32 bits per heavy atom. The number of carbonyl (C=O) groups excluding carboxylic acids is 1. The summed E-state index contributed by atoms with van der Waals surface area (Å²) in [5.41, 5.74) is 6.90. The van der Waals surface area contributed by atoms with Crippen LogP contribution in [0.25, 0.3) is 0 Å². The summed E-state index contributed by atoms with van der Waals surface area (Å²) in [4.78, 5) is 15.6. The summed E-state index contributed by atoms with van der Waals surface area (Å²) < 4.78 is 5.46. The molecule has 4 nitrogen and oxygen atoms in total. The first kappa shape index (κ1) is 15.2. The third-order valence-electron chi connectivity index (χ3n) is 3.82. The van der Waals surface area contributed by atoms with Crippen LogP contribution in [0.2, 0.25) is 0 Å². The molecule has 22 heavy (non-hydrogen) atoms. The molecule has 1 aromatic carbocycles. The Bertz CT molecular complexity index is 627. The van der Waals surface area contributed by atoms with Crippen LogP contribution in [0.4, 0.5) is 0 Å². The van der Waals surface area contributed by atoms with Gasteiger partial charge in [0, 0.05) is 35.3 Å². The zero-order valence-corrected chi connectivity index (χ0v) is 13.2. The first-order valence-corrected chi connectivity index (χ1v) is 8.51. The smallest absolute Gasteiger partial charge is 0.289 e. The number of furan rings is 1. The van der Waals surface area contributed by atoms with Gasteiger partial charge in [0.15, 0.2) is 5.76 Å². The second-order valence-electron chi connectivity index (χ2n) is 5.53. The number of nitrogens with zero attached hydrogens (tertiary/aromatic N) is 1. The highest BCUT2D eigenvalue weighted by Gasteiger charge is 2.26. The van der Waals surface area contributed by atoms with Crippen LogP contribution in [0.3, 0.4) is 0 Å². The van der Waals surface area contributed by atoms with Crippen molar-refractivity contribution in [3.8, 4) is 0 Å². The summed E-state index contributed by atoms with van der Waals surface area (Å²) in [6.45, 7) is 1.38. The molecule has 1 saturated heterocycles. The Balaban J connectivity index is 1.67. The number of hydrogen-bond donors (Lipinski definition) is 1. The quantitative estimate of drug-likeness (QED) is 0.880. The molecular weight excluding hydrogens is 296 g/mol. The zero-order valence-electron chi connectivity index (χ0n) is 12.4. The van der Waals surface area contributed by atoms with Crippen LogP contribution in [0, 0.1) is 0 Å². The largest absolute Gasteiger partial charge is 0.459 e. The van der Waals surface area contributed by atoms with Gasteiger partial charge in [0.1, 0.15) is 0 Å². The monoisotopic (exact) mass is 316 g/mol. The number of nitrogens with two attached hydrogens (primary N) is 1. The molecular formula is C17H20N2O2S. The molecule has 0 saturated carbocycles. The fraction of sp³-hybridized carbons (Fsp3) is 0.353. The number of benzene rings is 1. The van der Waals surface area contributed by atoms with E-state index in [0.29, 0.717) is 12.3 Å². The van der Waals surface area contributed by atoms with Crippen molar-refractivity contribution in [3.63, 3.8) is 0 Å². The molecule has 1 aromatic heterocycles. The molecule has 1 aliphatic heterocycles. The molecule has 2 heterocycles. The highest BCUT2D eigenvalue weighted by atomic mass is 32.2. The second kappa shape index (κ2) is 7.03. The van der Waals surface area contributed by atoms with Gasteiger partial charge in [0.05, 0.1) is 6.26 Å². The molecule has 2 aromatic rings. The standard InChI is InChI=1S/C17H20N2O2S/c18-14-5-4-9-19(11-14)17(20)16-13(8-10-21-16)12-22-15-6-2-1-3-7-15/h1-3,6-8,10,14H,4-5,9,11-12,18H2. The maximum Gasteiger partial charge on any atom is 0.289 e. The van der Waals surface area contributed by atoms with Crippen molar-refractivity contribution >= 4 is 17.7 Å². The van der Waals surface area contributed by atoms with Gasteiger partial charge in [0.25, 0.3) is 5.91 Å². The minimum atomic E-state index is -0.0381. The van der Waals surface area contributed by atoms with E-state index in [1.807, 2.05) is 29.2 Å². The molecule has 5 heteroatoms. The highest BCUT2D eigenvalue weighted by molar-refractivity contribution is 7.98. The molecule has 1 unspecified atom stereocenters. The molecule has 0 spiro atoms. The van der Waals surface area contributed by atoms with Gasteiger partial charge in [0.2, 0.25) is 0 Å². The Labute approximate surface area is 134 Å². The van der Waals surface area contributed by atoms with E-state index in [2.05, 4.69) is 12.1 Å². The van der Waals surface area contributed by atoms with Gasteiger partial charge >= 0.3 is 0 Å². The van der Waals surface area contributed by atoms with E-state index in [0.717, 1.165) is 30.7 Å². The van der Waals surface area contributed by atoms with Crippen molar-refractivity contribution in [3.05, 3.63) is 54.0 Å². The Hall–Kier alpha value is -1.72. The van der Waals surface area contributed by atoms with Crippen molar-refractivity contribution < 1.29 is 9.21 Å². The van der Waals surface area contributed by atoms with Gasteiger partial charge in [-0.1, -0.05) is 18.2 Å². The van der Waals surface area contributed by atoms with Gasteiger partial charge in [-0.25, -0.2) is 0 Å². The van der Waals surface area contributed by atoms with Crippen LogP contribution in [0.15, 0.2) is 52.0 Å². The average molecular weight is 316 g/mol. The molecule has 1 amide bonds. The first-order chi connectivity index (χ1) is 10.7.